The number of nitrogens with zero attached hydrogens (tertiary/aromatic N) is 2. The summed E-state index contributed by atoms with van der Waals surface area (Å²) < 4.78 is 14.8. The van der Waals surface area contributed by atoms with Gasteiger partial charge in [0.25, 0.3) is 0 Å². The van der Waals surface area contributed by atoms with Crippen LogP contribution in [0.5, 0.6) is 0 Å². The molecule has 0 saturated heterocycles. The van der Waals surface area contributed by atoms with Crippen LogP contribution < -0.4 is 10.7 Å². The standard InChI is InChI=1S/C21H18ClFN4O3/c1-12-9-14(11-24-26-21(30)25-16-5-3-15(23)4-6-16)13(2)27(12)17-7-8-18(20(28)29)19(22)10-17/h3-11H,1-2H3,(H,28,29)(H2,25,26,30)/b24-11+. The van der Waals surface area contributed by atoms with Crippen molar-refractivity contribution in [3.8, 4) is 5.69 Å². The summed E-state index contributed by atoms with van der Waals surface area (Å²) in [7, 11) is 0. The van der Waals surface area contributed by atoms with Crippen molar-refractivity contribution in [2.75, 3.05) is 5.32 Å². The average Bonchev–Trinajstić information content (AvgIpc) is 2.96. The molecule has 30 heavy (non-hydrogen) atoms. The number of carboxylic acids is 1. The summed E-state index contributed by atoms with van der Waals surface area (Å²) in [5.74, 6) is -1.49. The first-order valence-corrected chi connectivity index (χ1v) is 9.22. The quantitative estimate of drug-likeness (QED) is 0.404. The first kappa shape index (κ1) is 21.1. The third-order valence-corrected chi connectivity index (χ3v) is 4.70. The molecule has 9 heteroatoms. The van der Waals surface area contributed by atoms with Gasteiger partial charge in [-0.25, -0.2) is 19.4 Å². The van der Waals surface area contributed by atoms with Gasteiger partial charge in [0, 0.05) is 28.3 Å². The molecule has 0 saturated carbocycles. The Morgan fingerprint density at radius 1 is 1.13 bits per heavy atom. The number of halogens is 2. The minimum absolute atomic E-state index is 0.0287. The number of carbonyl (C=O) groups is 2. The zero-order valence-corrected chi connectivity index (χ0v) is 16.9. The molecular weight excluding hydrogens is 411 g/mol. The van der Waals surface area contributed by atoms with Crippen LogP contribution in [0.1, 0.15) is 27.3 Å². The summed E-state index contributed by atoms with van der Waals surface area (Å²) in [6, 6.07) is 11.4. The van der Waals surface area contributed by atoms with Crippen LogP contribution in [0.4, 0.5) is 14.9 Å². The number of hydrazone groups is 1. The maximum atomic E-state index is 12.9. The molecule has 3 rings (SSSR count). The Balaban J connectivity index is 1.73. The number of carboxylic acid groups (broad SMARTS) is 1. The Kier molecular flexibility index (Phi) is 6.17. The third-order valence-electron chi connectivity index (χ3n) is 4.38. The van der Waals surface area contributed by atoms with Crippen LogP contribution in [0, 0.1) is 19.7 Å². The largest absolute Gasteiger partial charge is 0.478 e. The number of anilines is 1. The lowest BCUT2D eigenvalue weighted by atomic mass is 10.2. The molecule has 0 aliphatic carbocycles. The second kappa shape index (κ2) is 8.79. The first-order chi connectivity index (χ1) is 14.3. The highest BCUT2D eigenvalue weighted by atomic mass is 35.5. The molecule has 0 radical (unpaired) electrons. The number of aromatic carboxylic acids is 1. The second-order valence-corrected chi connectivity index (χ2v) is 6.87. The highest BCUT2D eigenvalue weighted by molar-refractivity contribution is 6.33. The number of aromatic nitrogens is 1. The first-order valence-electron chi connectivity index (χ1n) is 8.84. The molecule has 0 aliphatic rings. The summed E-state index contributed by atoms with van der Waals surface area (Å²) in [4.78, 5) is 23.0. The van der Waals surface area contributed by atoms with Gasteiger partial charge in [0.2, 0.25) is 0 Å². The predicted molar refractivity (Wildman–Crippen MR) is 113 cm³/mol. The lowest BCUT2D eigenvalue weighted by molar-refractivity contribution is 0.0697. The summed E-state index contributed by atoms with van der Waals surface area (Å²) >= 11 is 6.08. The maximum absolute atomic E-state index is 12.9. The monoisotopic (exact) mass is 428 g/mol. The molecule has 2 amide bonds. The van der Waals surface area contributed by atoms with Crippen LogP contribution in [0.2, 0.25) is 5.02 Å². The Morgan fingerprint density at radius 3 is 2.47 bits per heavy atom. The van der Waals surface area contributed by atoms with Crippen LogP contribution in [0.15, 0.2) is 53.6 Å². The molecule has 2 aromatic carbocycles. The summed E-state index contributed by atoms with van der Waals surface area (Å²) in [5, 5.41) is 15.7. The molecule has 0 atom stereocenters. The molecule has 154 valence electrons. The van der Waals surface area contributed by atoms with Crippen LogP contribution in [0.3, 0.4) is 0 Å². The molecule has 0 fully saturated rings. The fraction of sp³-hybridized carbons (Fsp3) is 0.0952. The minimum atomic E-state index is -1.09. The molecule has 0 aliphatic heterocycles. The van der Waals surface area contributed by atoms with Gasteiger partial charge < -0.3 is 15.0 Å². The van der Waals surface area contributed by atoms with Crippen molar-refractivity contribution in [1.82, 2.24) is 9.99 Å². The van der Waals surface area contributed by atoms with Gasteiger partial charge in [-0.2, -0.15) is 5.10 Å². The van der Waals surface area contributed by atoms with Gasteiger partial charge in [-0.1, -0.05) is 11.6 Å². The number of amides is 2. The van der Waals surface area contributed by atoms with E-state index in [2.05, 4.69) is 15.8 Å². The van der Waals surface area contributed by atoms with Crippen molar-refractivity contribution in [2.45, 2.75) is 13.8 Å². The van der Waals surface area contributed by atoms with Crippen LogP contribution in [-0.2, 0) is 0 Å². The van der Waals surface area contributed by atoms with E-state index in [0.717, 1.165) is 17.0 Å². The zero-order valence-electron chi connectivity index (χ0n) is 16.1. The lowest BCUT2D eigenvalue weighted by Crippen LogP contribution is -2.24. The molecule has 0 bridgehead atoms. The van der Waals surface area contributed by atoms with Gasteiger partial charge in [-0.3, -0.25) is 0 Å². The van der Waals surface area contributed by atoms with E-state index in [1.807, 2.05) is 24.5 Å². The number of hydrogen-bond donors (Lipinski definition) is 3. The summed E-state index contributed by atoms with van der Waals surface area (Å²) in [6.07, 6.45) is 1.50. The number of urea groups is 1. The molecule has 1 heterocycles. The summed E-state index contributed by atoms with van der Waals surface area (Å²) in [6.45, 7) is 3.75. The van der Waals surface area contributed by atoms with E-state index in [1.165, 1.54) is 36.5 Å². The number of aryl methyl sites for hydroxylation is 1. The number of benzene rings is 2. The van der Waals surface area contributed by atoms with Crippen molar-refractivity contribution < 1.29 is 19.1 Å². The predicted octanol–water partition coefficient (Wildman–Crippen LogP) is 4.74. The summed E-state index contributed by atoms with van der Waals surface area (Å²) in [5.41, 5.74) is 5.99. The van der Waals surface area contributed by atoms with Crippen molar-refractivity contribution in [3.63, 3.8) is 0 Å². The maximum Gasteiger partial charge on any atom is 0.339 e. The van der Waals surface area contributed by atoms with Crippen molar-refractivity contribution >= 4 is 35.5 Å². The topological polar surface area (TPSA) is 95.7 Å². The highest BCUT2D eigenvalue weighted by Gasteiger charge is 2.13. The van der Waals surface area contributed by atoms with Crippen molar-refractivity contribution in [1.29, 1.82) is 0 Å². The molecule has 1 aromatic heterocycles. The van der Waals surface area contributed by atoms with E-state index < -0.39 is 17.8 Å². The fourth-order valence-corrected chi connectivity index (χ4v) is 3.24. The van der Waals surface area contributed by atoms with E-state index in [1.54, 1.807) is 12.1 Å². The van der Waals surface area contributed by atoms with Crippen LogP contribution in [-0.4, -0.2) is 27.9 Å². The van der Waals surface area contributed by atoms with Gasteiger partial charge >= 0.3 is 12.0 Å². The van der Waals surface area contributed by atoms with Crippen molar-refractivity contribution in [2.24, 2.45) is 5.10 Å². The van der Waals surface area contributed by atoms with E-state index >= 15 is 0 Å². The van der Waals surface area contributed by atoms with E-state index in [0.29, 0.717) is 11.4 Å². The number of hydrogen-bond acceptors (Lipinski definition) is 3. The van der Waals surface area contributed by atoms with Gasteiger partial charge in [-0.05, 0) is 62.4 Å². The Bertz CT molecular complexity index is 1140. The van der Waals surface area contributed by atoms with Gasteiger partial charge in [0.1, 0.15) is 5.82 Å². The van der Waals surface area contributed by atoms with Crippen molar-refractivity contribution in [3.05, 3.63) is 81.9 Å². The van der Waals surface area contributed by atoms with E-state index in [-0.39, 0.29) is 10.6 Å². The highest BCUT2D eigenvalue weighted by Crippen LogP contribution is 2.25. The third kappa shape index (κ3) is 4.66. The molecule has 3 N–H and O–H groups in total. The second-order valence-electron chi connectivity index (χ2n) is 6.46. The van der Waals surface area contributed by atoms with Crippen LogP contribution in [0.25, 0.3) is 5.69 Å². The number of carbonyl (C=O) groups excluding carboxylic acids is 1. The van der Waals surface area contributed by atoms with Crippen LogP contribution >= 0.6 is 11.6 Å². The Hall–Kier alpha value is -3.65. The smallest absolute Gasteiger partial charge is 0.339 e. The SMILES string of the molecule is Cc1cc(/C=N/NC(=O)Nc2ccc(F)cc2)c(C)n1-c1ccc(C(=O)O)c(Cl)c1. The molecular formula is C21H18ClFN4O3. The number of nitrogens with one attached hydrogen (secondary N) is 2. The lowest BCUT2D eigenvalue weighted by Gasteiger charge is -2.11. The Morgan fingerprint density at radius 2 is 1.83 bits per heavy atom. The van der Waals surface area contributed by atoms with Gasteiger partial charge in [0.15, 0.2) is 0 Å². The average molecular weight is 429 g/mol. The van der Waals surface area contributed by atoms with E-state index in [9.17, 15) is 14.0 Å². The molecule has 0 spiro atoms. The fourth-order valence-electron chi connectivity index (χ4n) is 2.98. The zero-order chi connectivity index (χ0) is 21.8. The van der Waals surface area contributed by atoms with E-state index in [4.69, 9.17) is 16.7 Å². The molecule has 7 nitrogen and oxygen atoms in total. The Labute approximate surface area is 176 Å². The normalized spacial score (nSPS) is 10.9. The number of rotatable bonds is 5. The van der Waals surface area contributed by atoms with Gasteiger partial charge in [-0.15, -0.1) is 0 Å². The minimum Gasteiger partial charge on any atom is -0.478 e. The molecule has 0 unspecified atom stereocenters. The molecule has 3 aromatic rings. The van der Waals surface area contributed by atoms with Gasteiger partial charge in [0.05, 0.1) is 16.8 Å².